The number of furan rings is 1. The average molecular weight is 564 g/mol. The molecule has 11 heteroatoms. The number of fused-ring (bicyclic) bond motifs is 3. The number of allylic oxidation sites excluding steroid dienone is 1. The molecular weight excluding hydrogens is 530 g/mol. The molecule has 0 saturated carbocycles. The van der Waals surface area contributed by atoms with Crippen molar-refractivity contribution in [2.24, 2.45) is 17.6 Å². The molecule has 6 rings (SSSR count). The number of rotatable bonds is 5. The maximum absolute atomic E-state index is 13.9. The van der Waals surface area contributed by atoms with E-state index < -0.39 is 58.0 Å². The number of carbonyl (C=O) groups is 3. The molecule has 1 aliphatic heterocycles. The smallest absolute Gasteiger partial charge is 0.255 e. The van der Waals surface area contributed by atoms with Crippen molar-refractivity contribution >= 4 is 17.5 Å². The summed E-state index contributed by atoms with van der Waals surface area (Å²) < 4.78 is 6.17. The highest BCUT2D eigenvalue weighted by Gasteiger charge is 2.63. The lowest BCUT2D eigenvalue weighted by Gasteiger charge is -2.50. The summed E-state index contributed by atoms with van der Waals surface area (Å²) in [6.07, 6.45) is 2.53. The van der Waals surface area contributed by atoms with Crippen LogP contribution in [0.5, 0.6) is 5.75 Å². The highest BCUT2D eigenvalue weighted by atomic mass is 16.4. The van der Waals surface area contributed by atoms with Crippen molar-refractivity contribution in [2.45, 2.75) is 43.9 Å². The summed E-state index contributed by atoms with van der Waals surface area (Å²) in [5, 5.41) is 44.9. The number of aromatic hydroxyl groups is 1. The monoisotopic (exact) mass is 563 g/mol. The van der Waals surface area contributed by atoms with Crippen LogP contribution in [-0.2, 0) is 22.6 Å². The van der Waals surface area contributed by atoms with Crippen LogP contribution in [0.3, 0.4) is 0 Å². The van der Waals surface area contributed by atoms with Crippen LogP contribution in [0, 0.1) is 11.8 Å². The second kappa shape index (κ2) is 9.57. The first-order chi connectivity index (χ1) is 19.4. The number of ketones is 2. The first-order valence-corrected chi connectivity index (χ1v) is 13.8. The number of primary amides is 1. The van der Waals surface area contributed by atoms with Crippen molar-refractivity contribution in [3.8, 4) is 17.1 Å². The Morgan fingerprint density at radius 1 is 1.12 bits per heavy atom. The summed E-state index contributed by atoms with van der Waals surface area (Å²) >= 11 is 0. The molecule has 1 saturated heterocycles. The van der Waals surface area contributed by atoms with Gasteiger partial charge in [0.2, 0.25) is 5.78 Å². The summed E-state index contributed by atoms with van der Waals surface area (Å²) in [7, 11) is 3.19. The standard InChI is InChI=1S/C30H33N3O8/c1-32(2)24-18-12-14-11-17-16(20-8-5-15(41-20)13-33-9-3-4-10-33)6-7-19(34)22(17)25(35)21(14)27(37)30(18,40)28(38)23(26(24)36)29(31)39/h5-8,14,18,24,34,36-37,40H,3-4,9-13H2,1-2H3,(H2,31,39)/t14-,18-,24?,30-/m0/s1. The molecule has 11 nitrogen and oxygen atoms in total. The second-order valence-electron chi connectivity index (χ2n) is 11.7. The number of aliphatic hydroxyl groups is 3. The topological polar surface area (TPSA) is 178 Å². The number of phenolic OH excluding ortho intramolecular Hbond substituents is 1. The number of benzene rings is 1. The maximum atomic E-state index is 13.9. The number of phenols is 1. The largest absolute Gasteiger partial charge is 0.510 e. The lowest BCUT2D eigenvalue weighted by atomic mass is 9.58. The van der Waals surface area contributed by atoms with E-state index >= 15 is 0 Å². The average Bonchev–Trinajstić information content (AvgIpc) is 3.59. The van der Waals surface area contributed by atoms with E-state index in [9.17, 15) is 34.8 Å². The van der Waals surface area contributed by atoms with Crippen molar-refractivity contribution in [1.29, 1.82) is 0 Å². The van der Waals surface area contributed by atoms with Gasteiger partial charge in [0.25, 0.3) is 5.91 Å². The highest BCUT2D eigenvalue weighted by Crippen LogP contribution is 2.53. The molecule has 3 aliphatic carbocycles. The van der Waals surface area contributed by atoms with E-state index in [1.54, 1.807) is 20.2 Å². The van der Waals surface area contributed by atoms with Crippen LogP contribution in [0.1, 0.15) is 40.9 Å². The summed E-state index contributed by atoms with van der Waals surface area (Å²) in [5.41, 5.74) is 2.82. The van der Waals surface area contributed by atoms with Crippen molar-refractivity contribution in [3.05, 3.63) is 63.8 Å². The van der Waals surface area contributed by atoms with E-state index in [0.29, 0.717) is 23.4 Å². The molecule has 1 amide bonds. The quantitative estimate of drug-likeness (QED) is 0.338. The molecule has 1 aromatic carbocycles. The summed E-state index contributed by atoms with van der Waals surface area (Å²) in [6, 6.07) is 5.76. The zero-order valence-corrected chi connectivity index (χ0v) is 22.9. The van der Waals surface area contributed by atoms with E-state index in [1.807, 2.05) is 12.1 Å². The Morgan fingerprint density at radius 2 is 1.83 bits per heavy atom. The minimum atomic E-state index is -2.66. The molecule has 0 radical (unpaired) electrons. The predicted octanol–water partition coefficient (Wildman–Crippen LogP) is 1.98. The van der Waals surface area contributed by atoms with Gasteiger partial charge in [0, 0.05) is 17.1 Å². The van der Waals surface area contributed by atoms with Gasteiger partial charge in [0.05, 0.1) is 18.2 Å². The van der Waals surface area contributed by atoms with Gasteiger partial charge in [0.1, 0.15) is 34.4 Å². The Bertz CT molecular complexity index is 1550. The fourth-order valence-electron chi connectivity index (χ4n) is 7.25. The van der Waals surface area contributed by atoms with Crippen LogP contribution in [0.4, 0.5) is 0 Å². The number of nitrogens with zero attached hydrogens (tertiary/aromatic N) is 2. The van der Waals surface area contributed by atoms with Gasteiger partial charge in [-0.2, -0.15) is 0 Å². The number of aliphatic hydroxyl groups excluding tert-OH is 2. The summed E-state index contributed by atoms with van der Waals surface area (Å²) in [4.78, 5) is 43.3. The van der Waals surface area contributed by atoms with Crippen LogP contribution in [0.2, 0.25) is 0 Å². The normalized spacial score (nSPS) is 28.2. The van der Waals surface area contributed by atoms with Gasteiger partial charge in [-0.05, 0) is 88.6 Å². The Hall–Kier alpha value is -3.93. The molecule has 6 N–H and O–H groups in total. The molecular formula is C30H33N3O8. The molecule has 2 heterocycles. The Balaban J connectivity index is 1.45. The minimum Gasteiger partial charge on any atom is -0.510 e. The third kappa shape index (κ3) is 3.94. The van der Waals surface area contributed by atoms with Gasteiger partial charge < -0.3 is 30.6 Å². The van der Waals surface area contributed by atoms with E-state index in [0.717, 1.165) is 31.7 Å². The van der Waals surface area contributed by atoms with Crippen LogP contribution >= 0.6 is 0 Å². The molecule has 0 bridgehead atoms. The fraction of sp³-hybridized carbons (Fsp3) is 0.433. The number of hydrogen-bond donors (Lipinski definition) is 5. The predicted molar refractivity (Wildman–Crippen MR) is 146 cm³/mol. The van der Waals surface area contributed by atoms with Gasteiger partial charge in [-0.1, -0.05) is 0 Å². The fourth-order valence-corrected chi connectivity index (χ4v) is 7.25. The number of Topliss-reactive ketones (excluding diaryl/α,β-unsaturated/α-hetero) is 2. The van der Waals surface area contributed by atoms with E-state index in [4.69, 9.17) is 10.2 Å². The zero-order chi connectivity index (χ0) is 29.4. The molecule has 4 atom stereocenters. The molecule has 1 unspecified atom stereocenters. The molecule has 4 aliphatic rings. The van der Waals surface area contributed by atoms with E-state index in [1.165, 1.54) is 11.0 Å². The van der Waals surface area contributed by atoms with Gasteiger partial charge in [-0.15, -0.1) is 0 Å². The molecule has 0 spiro atoms. The van der Waals surface area contributed by atoms with Crippen molar-refractivity contribution in [2.75, 3.05) is 27.2 Å². The summed E-state index contributed by atoms with van der Waals surface area (Å²) in [5.74, 6) is -5.42. The molecule has 1 aromatic heterocycles. The van der Waals surface area contributed by atoms with Crippen LogP contribution in [-0.4, -0.2) is 86.5 Å². The Kier molecular flexibility index (Phi) is 6.36. The Morgan fingerprint density at radius 3 is 2.49 bits per heavy atom. The SMILES string of the molecule is CN(C)C1C(O)=C(C(N)=O)C(=O)[C@@]2(O)C(O)=C3C(=O)c4c(O)ccc(-c5ccc(CN6CCCC6)o5)c4C[C@H]3C[C@@H]12. The van der Waals surface area contributed by atoms with Crippen LogP contribution < -0.4 is 5.73 Å². The minimum absolute atomic E-state index is 0.0270. The van der Waals surface area contributed by atoms with E-state index in [-0.39, 0.29) is 29.7 Å². The second-order valence-corrected chi connectivity index (χ2v) is 11.7. The molecule has 2 aromatic rings. The lowest BCUT2D eigenvalue weighted by Crippen LogP contribution is -2.63. The number of amides is 1. The maximum Gasteiger partial charge on any atom is 0.255 e. The third-order valence-corrected chi connectivity index (χ3v) is 9.11. The van der Waals surface area contributed by atoms with Gasteiger partial charge >= 0.3 is 0 Å². The van der Waals surface area contributed by atoms with Crippen molar-refractivity contribution in [1.82, 2.24) is 9.80 Å². The first kappa shape index (κ1) is 27.3. The highest BCUT2D eigenvalue weighted by molar-refractivity contribution is 6.24. The number of likely N-dealkylation sites (N-methyl/N-ethyl adjacent to an activating group) is 1. The van der Waals surface area contributed by atoms with Gasteiger partial charge in [-0.25, -0.2) is 0 Å². The third-order valence-electron chi connectivity index (χ3n) is 9.11. The van der Waals surface area contributed by atoms with Gasteiger partial charge in [-0.3, -0.25) is 24.2 Å². The van der Waals surface area contributed by atoms with Crippen LogP contribution in [0.25, 0.3) is 11.3 Å². The number of hydrogen-bond acceptors (Lipinski definition) is 10. The molecule has 1 fully saturated rings. The van der Waals surface area contributed by atoms with E-state index in [2.05, 4.69) is 4.90 Å². The zero-order valence-electron chi connectivity index (χ0n) is 22.9. The number of nitrogens with two attached hydrogens (primary N) is 1. The Labute approximate surface area is 236 Å². The van der Waals surface area contributed by atoms with Crippen LogP contribution in [0.15, 0.2) is 51.3 Å². The number of carbonyl (C=O) groups excluding carboxylic acids is 3. The number of likely N-dealkylation sites (tertiary alicyclic amines) is 1. The molecule has 41 heavy (non-hydrogen) atoms. The van der Waals surface area contributed by atoms with Crippen molar-refractivity contribution in [3.63, 3.8) is 0 Å². The summed E-state index contributed by atoms with van der Waals surface area (Å²) in [6.45, 7) is 2.69. The first-order valence-electron chi connectivity index (χ1n) is 13.8. The molecule has 216 valence electrons. The van der Waals surface area contributed by atoms with Crippen molar-refractivity contribution < 1.29 is 39.2 Å². The van der Waals surface area contributed by atoms with Gasteiger partial charge in [0.15, 0.2) is 11.4 Å². The lowest BCUT2D eigenvalue weighted by molar-refractivity contribution is -0.148.